The molecule has 0 radical (unpaired) electrons. The Kier molecular flexibility index (Phi) is 17.6. The highest BCUT2D eigenvalue weighted by Gasteiger charge is 2.13. The lowest BCUT2D eigenvalue weighted by Gasteiger charge is -2.21. The first-order valence-corrected chi connectivity index (χ1v) is 16.5. The Labute approximate surface area is 263 Å². The van der Waals surface area contributed by atoms with Crippen molar-refractivity contribution in [2.45, 2.75) is 111 Å². The average molecular weight is 644 g/mol. The molecule has 0 fully saturated rings. The first-order chi connectivity index (χ1) is 19.5. The number of hydrogen-bond donors (Lipinski definition) is 0. The normalized spacial score (nSPS) is 10.8. The van der Waals surface area contributed by atoms with Crippen molar-refractivity contribution in [2.24, 2.45) is 0 Å². The van der Waals surface area contributed by atoms with Crippen molar-refractivity contribution in [3.63, 3.8) is 0 Å². The summed E-state index contributed by atoms with van der Waals surface area (Å²) in [6.07, 6.45) is 19.2. The van der Waals surface area contributed by atoms with Crippen molar-refractivity contribution in [1.82, 2.24) is 0 Å². The third-order valence-corrected chi connectivity index (χ3v) is 8.38. The predicted molar refractivity (Wildman–Crippen MR) is 170 cm³/mol. The van der Waals surface area contributed by atoms with Gasteiger partial charge in [0.15, 0.2) is 12.7 Å². The third-order valence-electron chi connectivity index (χ3n) is 7.53. The minimum Gasteiger partial charge on any atom is -1.00 e. The molecule has 0 unspecified atom stereocenters. The van der Waals surface area contributed by atoms with Crippen LogP contribution >= 0.6 is 11.3 Å². The van der Waals surface area contributed by atoms with Crippen molar-refractivity contribution in [1.29, 1.82) is 0 Å². The van der Waals surface area contributed by atoms with Gasteiger partial charge in [0.05, 0.1) is 11.5 Å². The van der Waals surface area contributed by atoms with E-state index >= 15 is 0 Å². The van der Waals surface area contributed by atoms with E-state index in [-0.39, 0.29) is 22.9 Å². The van der Waals surface area contributed by atoms with E-state index in [4.69, 9.17) is 4.74 Å². The molecule has 2 aromatic carbocycles. The number of aromatic nitrogens is 1. The second kappa shape index (κ2) is 20.7. The summed E-state index contributed by atoms with van der Waals surface area (Å²) < 4.78 is 8.17. The summed E-state index contributed by atoms with van der Waals surface area (Å²) in [5.74, 6) is 1.00. The number of rotatable bonds is 20. The van der Waals surface area contributed by atoms with E-state index in [0.29, 0.717) is 6.54 Å². The van der Waals surface area contributed by atoms with Gasteiger partial charge in [-0.25, -0.2) is 0 Å². The van der Waals surface area contributed by atoms with Crippen molar-refractivity contribution in [2.75, 3.05) is 18.1 Å². The van der Waals surface area contributed by atoms with Crippen LogP contribution in [0.3, 0.4) is 0 Å². The van der Waals surface area contributed by atoms with Gasteiger partial charge in [-0.15, -0.1) is 0 Å². The molecule has 226 valence electrons. The lowest BCUT2D eigenvalue weighted by Crippen LogP contribution is -3.00. The summed E-state index contributed by atoms with van der Waals surface area (Å²) in [5, 5.41) is 0. The number of nitrogens with zero attached hydrogens (tertiary/aromatic N) is 2. The Bertz CT molecular complexity index is 1100. The molecule has 0 aliphatic carbocycles. The Morgan fingerprint density at radius 1 is 0.805 bits per heavy atom. The standard InChI is InChI=1S/C35H51N2O2S.BrH/c1-4-5-6-7-8-9-10-11-12-13-14-15-26-39-35-22-18-32(19-23-35)24-25-37(31(3)38)34-20-16-33(17-21-34)28-36-27-30(2)40-29-36;/h16-23,27,29H,4-15,24-26,28H2,1-3H3;1H/q+1;/p-1. The van der Waals surface area contributed by atoms with Crippen LogP contribution in [0.25, 0.3) is 0 Å². The number of unbranched alkanes of at least 4 members (excludes halogenated alkanes) is 11. The first kappa shape index (κ1) is 35.0. The number of carbonyl (C=O) groups excluding carboxylic acids is 1. The number of carbonyl (C=O) groups is 1. The highest BCUT2D eigenvalue weighted by molar-refractivity contribution is 7.09. The molecule has 1 aromatic heterocycles. The van der Waals surface area contributed by atoms with Crippen molar-refractivity contribution in [3.8, 4) is 5.75 Å². The lowest BCUT2D eigenvalue weighted by atomic mass is 10.1. The van der Waals surface area contributed by atoms with E-state index in [1.165, 1.54) is 86.6 Å². The minimum absolute atomic E-state index is 0. The molecule has 0 saturated carbocycles. The molecule has 0 atom stereocenters. The Hall–Kier alpha value is -2.18. The Balaban J connectivity index is 0.00000588. The molecule has 0 aliphatic heterocycles. The predicted octanol–water partition coefficient (Wildman–Crippen LogP) is 6.07. The molecule has 41 heavy (non-hydrogen) atoms. The minimum atomic E-state index is 0. The van der Waals surface area contributed by atoms with Crippen LogP contribution in [-0.2, 0) is 17.8 Å². The SMILES string of the molecule is CCCCCCCCCCCCCCOc1ccc(CCN(C(C)=O)c2ccc(C[n+]3csc(C)c3)cc2)cc1.[Br-]. The van der Waals surface area contributed by atoms with Crippen LogP contribution in [0, 0.1) is 6.92 Å². The number of benzene rings is 2. The fourth-order valence-electron chi connectivity index (χ4n) is 5.11. The van der Waals surface area contributed by atoms with E-state index in [0.717, 1.165) is 37.4 Å². The molecule has 0 aliphatic rings. The molecule has 0 spiro atoms. The van der Waals surface area contributed by atoms with Gasteiger partial charge in [0.25, 0.3) is 0 Å². The van der Waals surface area contributed by atoms with Gasteiger partial charge < -0.3 is 26.6 Å². The first-order valence-electron chi connectivity index (χ1n) is 15.6. The number of halogens is 1. The van der Waals surface area contributed by atoms with E-state index in [1.54, 1.807) is 18.3 Å². The molecule has 0 N–H and O–H groups in total. The van der Waals surface area contributed by atoms with Crippen LogP contribution in [0.1, 0.15) is 107 Å². The maximum atomic E-state index is 12.4. The number of amides is 1. The molecular weight excluding hydrogens is 592 g/mol. The zero-order chi connectivity index (χ0) is 28.4. The highest BCUT2D eigenvalue weighted by atomic mass is 79.9. The third kappa shape index (κ3) is 14.0. The monoisotopic (exact) mass is 642 g/mol. The van der Waals surface area contributed by atoms with Crippen LogP contribution in [0.5, 0.6) is 5.75 Å². The largest absolute Gasteiger partial charge is 1.00 e. The van der Waals surface area contributed by atoms with Crippen molar-refractivity contribution < 1.29 is 31.1 Å². The van der Waals surface area contributed by atoms with Gasteiger partial charge in [-0.2, -0.15) is 4.57 Å². The van der Waals surface area contributed by atoms with Crippen LogP contribution in [-0.4, -0.2) is 19.1 Å². The van der Waals surface area contributed by atoms with E-state index in [2.05, 4.69) is 78.7 Å². The van der Waals surface area contributed by atoms with Gasteiger partial charge in [-0.3, -0.25) is 4.79 Å². The van der Waals surface area contributed by atoms with E-state index < -0.39 is 0 Å². The number of thiazole rings is 1. The van der Waals surface area contributed by atoms with Crippen LogP contribution < -0.4 is 31.2 Å². The zero-order valence-corrected chi connectivity index (χ0v) is 28.0. The second-order valence-electron chi connectivity index (χ2n) is 11.1. The molecule has 0 bridgehead atoms. The Morgan fingerprint density at radius 2 is 1.37 bits per heavy atom. The van der Waals surface area contributed by atoms with Gasteiger partial charge >= 0.3 is 0 Å². The molecule has 1 heterocycles. The number of anilines is 1. The molecule has 4 nitrogen and oxygen atoms in total. The molecule has 3 rings (SSSR count). The lowest BCUT2D eigenvalue weighted by molar-refractivity contribution is -0.683. The maximum Gasteiger partial charge on any atom is 0.225 e. The highest BCUT2D eigenvalue weighted by Crippen LogP contribution is 2.19. The zero-order valence-electron chi connectivity index (χ0n) is 25.6. The fourth-order valence-corrected chi connectivity index (χ4v) is 5.75. The van der Waals surface area contributed by atoms with E-state index in [9.17, 15) is 4.79 Å². The number of ether oxygens (including phenoxy) is 1. The molecule has 0 saturated heterocycles. The van der Waals surface area contributed by atoms with Gasteiger partial charge in [0.1, 0.15) is 5.75 Å². The van der Waals surface area contributed by atoms with Gasteiger partial charge in [-0.1, -0.05) is 113 Å². The number of hydrogen-bond acceptors (Lipinski definition) is 3. The Morgan fingerprint density at radius 3 is 1.90 bits per heavy atom. The molecular formula is C35H51BrN2O2S. The second-order valence-corrected chi connectivity index (χ2v) is 12.2. The maximum absolute atomic E-state index is 12.4. The fraction of sp³-hybridized carbons (Fsp3) is 0.543. The van der Waals surface area contributed by atoms with Crippen molar-refractivity contribution in [3.05, 3.63) is 76.2 Å². The molecule has 6 heteroatoms. The average Bonchev–Trinajstić information content (AvgIpc) is 3.37. The van der Waals surface area contributed by atoms with Crippen LogP contribution in [0.4, 0.5) is 5.69 Å². The summed E-state index contributed by atoms with van der Waals surface area (Å²) in [4.78, 5) is 15.6. The van der Waals surface area contributed by atoms with Gasteiger partial charge in [0, 0.05) is 24.7 Å². The summed E-state index contributed by atoms with van der Waals surface area (Å²) in [6.45, 7) is 8.34. The summed E-state index contributed by atoms with van der Waals surface area (Å²) in [5.41, 5.74) is 5.53. The number of aryl methyl sites for hydroxylation is 1. The topological polar surface area (TPSA) is 33.4 Å². The van der Waals surface area contributed by atoms with Crippen LogP contribution in [0.15, 0.2) is 60.2 Å². The van der Waals surface area contributed by atoms with E-state index in [1.807, 2.05) is 4.90 Å². The quantitative estimate of drug-likeness (QED) is 0.111. The summed E-state index contributed by atoms with van der Waals surface area (Å²) in [7, 11) is 0. The van der Waals surface area contributed by atoms with Gasteiger partial charge in [-0.05, 0) is 49.6 Å². The molecule has 3 aromatic rings. The molecule has 1 amide bonds. The summed E-state index contributed by atoms with van der Waals surface area (Å²) >= 11 is 1.75. The summed E-state index contributed by atoms with van der Waals surface area (Å²) in [6, 6.07) is 16.7. The van der Waals surface area contributed by atoms with Gasteiger partial charge in [0.2, 0.25) is 11.4 Å². The van der Waals surface area contributed by atoms with Crippen molar-refractivity contribution >= 4 is 22.9 Å². The van der Waals surface area contributed by atoms with Crippen LogP contribution in [0.2, 0.25) is 0 Å². The smallest absolute Gasteiger partial charge is 0.225 e.